The first-order valence-corrected chi connectivity index (χ1v) is 9.64. The molecular weight excluding hydrogens is 360 g/mol. The van der Waals surface area contributed by atoms with E-state index in [1.807, 2.05) is 55.5 Å². The Morgan fingerprint density at radius 1 is 1.15 bits per heavy atom. The second-order valence-electron chi connectivity index (χ2n) is 6.39. The molecule has 0 saturated heterocycles. The van der Waals surface area contributed by atoms with Crippen molar-refractivity contribution < 1.29 is 14.3 Å². The summed E-state index contributed by atoms with van der Waals surface area (Å²) in [6.07, 6.45) is 1.000. The number of nitrogens with zero attached hydrogens (tertiary/aromatic N) is 1. The molecular formula is C21H22N2O3S. The van der Waals surface area contributed by atoms with Crippen LogP contribution in [0.3, 0.4) is 0 Å². The van der Waals surface area contributed by atoms with Gasteiger partial charge < -0.3 is 10.1 Å². The summed E-state index contributed by atoms with van der Waals surface area (Å²) >= 11 is 1.61. The molecule has 1 atom stereocenters. The lowest BCUT2D eigenvalue weighted by Gasteiger charge is -2.18. The highest BCUT2D eigenvalue weighted by molar-refractivity contribution is 7.18. The zero-order valence-electron chi connectivity index (χ0n) is 15.4. The van der Waals surface area contributed by atoms with E-state index in [0.717, 1.165) is 26.4 Å². The van der Waals surface area contributed by atoms with E-state index in [4.69, 9.17) is 4.74 Å². The molecule has 27 heavy (non-hydrogen) atoms. The average molecular weight is 382 g/mol. The van der Waals surface area contributed by atoms with Crippen molar-refractivity contribution in [2.75, 3.05) is 7.11 Å². The standard InChI is InChI=1S/C21H22N2O3S/c1-14-7-9-15(10-8-14)17(13-21(25)26-2)22-19(24)11-12-20-23-16-5-3-4-6-18(16)27-20/h3-10,17H,11-13H2,1-2H3,(H,22,24)/t17-/m1/s1. The predicted molar refractivity (Wildman–Crippen MR) is 107 cm³/mol. The van der Waals surface area contributed by atoms with Gasteiger partial charge in [-0.3, -0.25) is 9.59 Å². The number of methoxy groups -OCH3 is 1. The van der Waals surface area contributed by atoms with Crippen molar-refractivity contribution in [1.29, 1.82) is 0 Å². The van der Waals surface area contributed by atoms with Gasteiger partial charge >= 0.3 is 5.97 Å². The first kappa shape index (κ1) is 19.0. The van der Waals surface area contributed by atoms with Crippen molar-refractivity contribution >= 4 is 33.4 Å². The second-order valence-corrected chi connectivity index (χ2v) is 7.50. The molecule has 3 rings (SSSR count). The zero-order chi connectivity index (χ0) is 19.2. The molecule has 1 amide bonds. The minimum atomic E-state index is -0.402. The number of fused-ring (bicyclic) bond motifs is 1. The molecule has 0 spiro atoms. The Morgan fingerprint density at radius 3 is 2.59 bits per heavy atom. The van der Waals surface area contributed by atoms with Crippen LogP contribution in [0.1, 0.15) is 35.0 Å². The maximum Gasteiger partial charge on any atom is 0.307 e. The lowest BCUT2D eigenvalue weighted by molar-refractivity contribution is -0.141. The van der Waals surface area contributed by atoms with E-state index in [-0.39, 0.29) is 18.3 Å². The Bertz CT molecular complexity index is 901. The molecule has 1 N–H and O–H groups in total. The molecule has 140 valence electrons. The molecule has 1 heterocycles. The number of esters is 1. The SMILES string of the molecule is COC(=O)C[C@@H](NC(=O)CCc1nc2ccccc2s1)c1ccc(C)cc1. The van der Waals surface area contributed by atoms with Crippen LogP contribution in [-0.2, 0) is 20.7 Å². The third kappa shape index (κ3) is 5.14. The first-order chi connectivity index (χ1) is 13.0. The number of amides is 1. The van der Waals surface area contributed by atoms with Crippen molar-refractivity contribution in [1.82, 2.24) is 10.3 Å². The largest absolute Gasteiger partial charge is 0.469 e. The fourth-order valence-electron chi connectivity index (χ4n) is 2.81. The number of rotatable bonds is 7. The highest BCUT2D eigenvalue weighted by Gasteiger charge is 2.19. The second kappa shape index (κ2) is 8.77. The van der Waals surface area contributed by atoms with E-state index in [9.17, 15) is 9.59 Å². The fourth-order valence-corrected chi connectivity index (χ4v) is 3.78. The van der Waals surface area contributed by atoms with E-state index < -0.39 is 6.04 Å². The fraction of sp³-hybridized carbons (Fsp3) is 0.286. The number of thiazole rings is 1. The van der Waals surface area contributed by atoms with E-state index >= 15 is 0 Å². The van der Waals surface area contributed by atoms with Gasteiger partial charge in [-0.05, 0) is 24.6 Å². The molecule has 0 fully saturated rings. The molecule has 2 aromatic carbocycles. The third-order valence-electron chi connectivity index (χ3n) is 4.32. The third-order valence-corrected chi connectivity index (χ3v) is 5.41. The number of ether oxygens (including phenoxy) is 1. The number of hydrogen-bond donors (Lipinski definition) is 1. The van der Waals surface area contributed by atoms with E-state index in [1.54, 1.807) is 11.3 Å². The van der Waals surface area contributed by atoms with Gasteiger partial charge in [-0.15, -0.1) is 11.3 Å². The Balaban J connectivity index is 1.64. The van der Waals surface area contributed by atoms with Crippen LogP contribution in [0.25, 0.3) is 10.2 Å². The Kier molecular flexibility index (Phi) is 6.19. The highest BCUT2D eigenvalue weighted by atomic mass is 32.1. The smallest absolute Gasteiger partial charge is 0.307 e. The lowest BCUT2D eigenvalue weighted by Crippen LogP contribution is -2.30. The molecule has 3 aromatic rings. The van der Waals surface area contributed by atoms with Crippen LogP contribution >= 0.6 is 11.3 Å². The van der Waals surface area contributed by atoms with Crippen molar-refractivity contribution in [3.05, 3.63) is 64.7 Å². The monoisotopic (exact) mass is 382 g/mol. The Hall–Kier alpha value is -2.73. The van der Waals surface area contributed by atoms with Crippen LogP contribution in [0, 0.1) is 6.92 Å². The van der Waals surface area contributed by atoms with Gasteiger partial charge in [-0.1, -0.05) is 42.0 Å². The van der Waals surface area contributed by atoms with Crippen LogP contribution in [-0.4, -0.2) is 24.0 Å². The maximum absolute atomic E-state index is 12.5. The highest BCUT2D eigenvalue weighted by Crippen LogP contribution is 2.23. The van der Waals surface area contributed by atoms with Crippen LogP contribution in [0.4, 0.5) is 0 Å². The van der Waals surface area contributed by atoms with Gasteiger partial charge in [0.05, 0.1) is 34.8 Å². The molecule has 1 aromatic heterocycles. The summed E-state index contributed by atoms with van der Waals surface area (Å²) in [6.45, 7) is 2.00. The van der Waals surface area contributed by atoms with Gasteiger partial charge in [0.15, 0.2) is 0 Å². The first-order valence-electron chi connectivity index (χ1n) is 8.82. The van der Waals surface area contributed by atoms with Gasteiger partial charge in [0.1, 0.15) is 0 Å². The van der Waals surface area contributed by atoms with E-state index in [2.05, 4.69) is 10.3 Å². The lowest BCUT2D eigenvalue weighted by atomic mass is 10.0. The van der Waals surface area contributed by atoms with Crippen molar-refractivity contribution in [3.8, 4) is 0 Å². The summed E-state index contributed by atoms with van der Waals surface area (Å²) in [5.41, 5.74) is 2.97. The molecule has 0 aliphatic rings. The number of aryl methyl sites for hydroxylation is 2. The molecule has 6 heteroatoms. The van der Waals surface area contributed by atoms with E-state index in [1.165, 1.54) is 7.11 Å². The van der Waals surface area contributed by atoms with Gasteiger partial charge in [-0.2, -0.15) is 0 Å². The molecule has 0 unspecified atom stereocenters. The molecule has 5 nitrogen and oxygen atoms in total. The maximum atomic E-state index is 12.5. The van der Waals surface area contributed by atoms with Gasteiger partial charge in [-0.25, -0.2) is 4.98 Å². The summed E-state index contributed by atoms with van der Waals surface area (Å²) in [5.74, 6) is -0.462. The summed E-state index contributed by atoms with van der Waals surface area (Å²) in [7, 11) is 1.35. The molecule has 0 radical (unpaired) electrons. The average Bonchev–Trinajstić information content (AvgIpc) is 3.09. The minimum absolute atomic E-state index is 0.104. The van der Waals surface area contributed by atoms with Crippen LogP contribution in [0.2, 0.25) is 0 Å². The topological polar surface area (TPSA) is 68.3 Å². The number of carbonyl (C=O) groups is 2. The number of nitrogens with one attached hydrogen (secondary N) is 1. The van der Waals surface area contributed by atoms with Crippen molar-refractivity contribution in [2.24, 2.45) is 0 Å². The molecule has 0 aliphatic heterocycles. The Morgan fingerprint density at radius 2 is 1.89 bits per heavy atom. The predicted octanol–water partition coefficient (Wildman–Crippen LogP) is 3.96. The van der Waals surface area contributed by atoms with Crippen molar-refractivity contribution in [2.45, 2.75) is 32.2 Å². The van der Waals surface area contributed by atoms with Gasteiger partial charge in [0.2, 0.25) is 5.91 Å². The summed E-state index contributed by atoms with van der Waals surface area (Å²) in [5, 5.41) is 3.90. The van der Waals surface area contributed by atoms with Crippen molar-refractivity contribution in [3.63, 3.8) is 0 Å². The number of aromatic nitrogens is 1. The number of para-hydroxylation sites is 1. The molecule has 0 saturated carbocycles. The number of hydrogen-bond acceptors (Lipinski definition) is 5. The van der Waals surface area contributed by atoms with E-state index in [0.29, 0.717) is 12.8 Å². The number of benzene rings is 2. The minimum Gasteiger partial charge on any atom is -0.469 e. The normalized spacial score (nSPS) is 11.9. The van der Waals surface area contributed by atoms with Gasteiger partial charge in [0.25, 0.3) is 0 Å². The molecule has 0 aliphatic carbocycles. The summed E-state index contributed by atoms with van der Waals surface area (Å²) in [6, 6.07) is 15.3. The van der Waals surface area contributed by atoms with Crippen LogP contribution in [0.15, 0.2) is 48.5 Å². The van der Waals surface area contributed by atoms with Gasteiger partial charge in [0, 0.05) is 12.8 Å². The number of carbonyl (C=O) groups excluding carboxylic acids is 2. The summed E-state index contributed by atoms with van der Waals surface area (Å²) in [4.78, 5) is 28.8. The van der Waals surface area contributed by atoms with Crippen LogP contribution < -0.4 is 5.32 Å². The Labute approximate surface area is 162 Å². The van der Waals surface area contributed by atoms with Crippen LogP contribution in [0.5, 0.6) is 0 Å². The zero-order valence-corrected chi connectivity index (χ0v) is 16.2. The quantitative estimate of drug-likeness (QED) is 0.628. The summed E-state index contributed by atoms with van der Waals surface area (Å²) < 4.78 is 5.89. The molecule has 0 bridgehead atoms.